The summed E-state index contributed by atoms with van der Waals surface area (Å²) >= 11 is 4.11. The fourth-order valence-electron chi connectivity index (χ4n) is 2.55. The van der Waals surface area contributed by atoms with Crippen LogP contribution in [0, 0.1) is 5.41 Å². The van der Waals surface area contributed by atoms with Crippen LogP contribution in [0.4, 0.5) is 5.82 Å². The molecule has 0 radical (unpaired) electrons. The van der Waals surface area contributed by atoms with Gasteiger partial charge >= 0.3 is 0 Å². The summed E-state index contributed by atoms with van der Waals surface area (Å²) in [5.74, 6) is 0.310. The molecule has 0 unspecified atom stereocenters. The maximum Gasteiger partial charge on any atom is 0.275 e. The van der Waals surface area contributed by atoms with E-state index in [1.54, 1.807) is 24.3 Å². The van der Waals surface area contributed by atoms with Crippen molar-refractivity contribution >= 4 is 45.7 Å². The molecule has 1 heterocycles. The Morgan fingerprint density at radius 3 is 2.37 bits per heavy atom. The van der Waals surface area contributed by atoms with E-state index in [9.17, 15) is 4.79 Å². The minimum Gasteiger partial charge on any atom is -0.400 e. The van der Waals surface area contributed by atoms with Crippen molar-refractivity contribution in [1.29, 1.82) is 5.41 Å². The molecule has 0 atom stereocenters. The number of amides is 1. The quantitative estimate of drug-likeness (QED) is 0.388. The number of aromatic nitrogens is 2. The van der Waals surface area contributed by atoms with Crippen LogP contribution in [-0.2, 0) is 8.98 Å². The van der Waals surface area contributed by atoms with Gasteiger partial charge in [0.15, 0.2) is 5.82 Å². The summed E-state index contributed by atoms with van der Waals surface area (Å²) in [5.41, 5.74) is 0.297. The van der Waals surface area contributed by atoms with Crippen molar-refractivity contribution in [2.45, 2.75) is 50.7 Å². The first-order chi connectivity index (χ1) is 14.5. The molecule has 2 aromatic rings. The van der Waals surface area contributed by atoms with E-state index >= 15 is 0 Å². The number of hydrogen-bond donors (Lipinski definition) is 3. The third kappa shape index (κ3) is 7.67. The van der Waals surface area contributed by atoms with Crippen molar-refractivity contribution < 1.29 is 18.3 Å². The number of carbonyl (C=O) groups excluding carboxylic acids is 1. The highest BCUT2D eigenvalue weighted by molar-refractivity contribution is 9.10. The molecule has 1 aromatic heterocycles. The van der Waals surface area contributed by atoms with Crippen molar-refractivity contribution in [2.75, 3.05) is 5.32 Å². The fourth-order valence-corrected chi connectivity index (χ4v) is 3.28. The minimum absolute atomic E-state index is 0.0463. The molecule has 2 fully saturated rings. The van der Waals surface area contributed by atoms with Crippen LogP contribution in [0.1, 0.15) is 44.1 Å². The highest BCUT2D eigenvalue weighted by Crippen LogP contribution is 2.29. The van der Waals surface area contributed by atoms with Crippen LogP contribution in [0.25, 0.3) is 0 Å². The largest absolute Gasteiger partial charge is 0.400 e. The second kappa shape index (κ2) is 11.4. The van der Waals surface area contributed by atoms with E-state index < -0.39 is 5.91 Å². The Bertz CT molecular complexity index is 841. The summed E-state index contributed by atoms with van der Waals surface area (Å²) in [6.45, 7) is 0. The Labute approximate surface area is 187 Å². The van der Waals surface area contributed by atoms with E-state index in [-0.39, 0.29) is 17.6 Å². The number of benzene rings is 1. The van der Waals surface area contributed by atoms with E-state index in [1.165, 1.54) is 25.2 Å². The number of halogens is 1. The Morgan fingerprint density at radius 2 is 1.83 bits per heavy atom. The Balaban J connectivity index is 0.000000367. The smallest absolute Gasteiger partial charge is 0.275 e. The van der Waals surface area contributed by atoms with E-state index in [4.69, 9.17) is 18.9 Å². The van der Waals surface area contributed by atoms with Gasteiger partial charge in [0.1, 0.15) is 16.1 Å². The molecule has 0 spiro atoms. The van der Waals surface area contributed by atoms with Crippen LogP contribution in [0.3, 0.4) is 0 Å². The molecule has 0 bridgehead atoms. The monoisotopic (exact) mass is 494 g/mol. The maximum absolute atomic E-state index is 12.1. The lowest BCUT2D eigenvalue weighted by atomic mass is 10.1. The number of rotatable bonds is 7. The van der Waals surface area contributed by atoms with Crippen molar-refractivity contribution in [2.24, 2.45) is 0 Å². The van der Waals surface area contributed by atoms with Crippen LogP contribution < -0.4 is 9.50 Å². The number of hydrogen-bond acceptors (Lipinski definition) is 8. The van der Waals surface area contributed by atoms with Gasteiger partial charge in [-0.1, -0.05) is 12.8 Å². The third-order valence-electron chi connectivity index (χ3n) is 4.39. The van der Waals surface area contributed by atoms with E-state index in [0.29, 0.717) is 22.0 Å². The highest BCUT2D eigenvalue weighted by Gasteiger charge is 2.23. The standard InChI is InChI=1S/C15H13BrN4O3S.C5H10O/c16-12-7-19-13(8-18-12)20-15(21)14(17)9-1-3-10(4-2-9)22-24-23-11-5-6-11;6-5-3-1-2-4-5/h1-4,7-8,11,17H,5-6H2,(H,19,20,21);5-6H,1-4H2. The van der Waals surface area contributed by atoms with Crippen molar-refractivity contribution in [3.05, 3.63) is 46.8 Å². The number of nitrogens with one attached hydrogen (secondary N) is 2. The zero-order valence-electron chi connectivity index (χ0n) is 16.2. The average Bonchev–Trinajstić information content (AvgIpc) is 3.46. The third-order valence-corrected chi connectivity index (χ3v) is 5.41. The predicted octanol–water partition coefficient (Wildman–Crippen LogP) is 4.29. The first-order valence-corrected chi connectivity index (χ1v) is 11.1. The van der Waals surface area contributed by atoms with Crippen molar-refractivity contribution in [3.63, 3.8) is 0 Å². The molecule has 2 saturated carbocycles. The minimum atomic E-state index is -0.563. The van der Waals surface area contributed by atoms with E-state index in [0.717, 1.165) is 38.0 Å². The van der Waals surface area contributed by atoms with Crippen LogP contribution >= 0.6 is 28.3 Å². The molecule has 3 N–H and O–H groups in total. The lowest BCUT2D eigenvalue weighted by Crippen LogP contribution is -2.23. The van der Waals surface area contributed by atoms with E-state index in [2.05, 4.69) is 31.2 Å². The van der Waals surface area contributed by atoms with Gasteiger partial charge in [-0.2, -0.15) is 0 Å². The lowest BCUT2D eigenvalue weighted by molar-refractivity contribution is -0.110. The number of aliphatic hydroxyl groups excluding tert-OH is 1. The zero-order chi connectivity index (χ0) is 21.3. The van der Waals surface area contributed by atoms with Gasteiger partial charge in [0.05, 0.1) is 24.6 Å². The molecule has 2 aliphatic carbocycles. The topological polar surface area (TPSA) is 117 Å². The molecule has 8 nitrogen and oxygen atoms in total. The molecule has 1 aromatic carbocycles. The number of nitrogens with zero attached hydrogens (tertiary/aromatic N) is 2. The molecule has 0 saturated heterocycles. The van der Waals surface area contributed by atoms with Gasteiger partial charge in [-0.3, -0.25) is 14.4 Å². The summed E-state index contributed by atoms with van der Waals surface area (Å²) < 4.78 is 11.2. The average molecular weight is 495 g/mol. The van der Waals surface area contributed by atoms with Crippen LogP contribution in [0.15, 0.2) is 41.3 Å². The van der Waals surface area contributed by atoms with Gasteiger partial charge in [0.2, 0.25) is 12.3 Å². The van der Waals surface area contributed by atoms with Crippen LogP contribution in [0.2, 0.25) is 0 Å². The second-order valence-electron chi connectivity index (χ2n) is 6.96. The molecule has 0 aliphatic heterocycles. The SMILES string of the molecule is N=C(C(=O)Nc1cnc(Br)cn1)c1ccc(OSOC2CC2)cc1.OC1CCCC1. The molecule has 160 valence electrons. The molecular weight excluding hydrogens is 472 g/mol. The number of anilines is 1. The summed E-state index contributed by atoms with van der Waals surface area (Å²) in [5, 5.41) is 19.2. The van der Waals surface area contributed by atoms with Crippen LogP contribution in [0.5, 0.6) is 5.75 Å². The summed E-state index contributed by atoms with van der Waals surface area (Å²) in [6.07, 6.45) is 9.92. The summed E-state index contributed by atoms with van der Waals surface area (Å²) in [4.78, 5) is 20.0. The number of aliphatic hydroxyl groups is 1. The van der Waals surface area contributed by atoms with Gasteiger partial charge < -0.3 is 14.6 Å². The molecule has 4 rings (SSSR count). The van der Waals surface area contributed by atoms with Gasteiger partial charge in [0.25, 0.3) is 5.91 Å². The zero-order valence-corrected chi connectivity index (χ0v) is 18.6. The summed E-state index contributed by atoms with van der Waals surface area (Å²) in [6, 6.07) is 6.64. The van der Waals surface area contributed by atoms with Gasteiger partial charge in [-0.15, -0.1) is 0 Å². The molecule has 30 heavy (non-hydrogen) atoms. The first kappa shape index (κ1) is 22.7. The van der Waals surface area contributed by atoms with Gasteiger partial charge in [-0.05, 0) is 65.9 Å². The molecule has 10 heteroatoms. The Kier molecular flexibility index (Phi) is 8.61. The molecular formula is C20H23BrN4O4S. The molecule has 1 amide bonds. The maximum atomic E-state index is 12.1. The van der Waals surface area contributed by atoms with Crippen LogP contribution in [-0.4, -0.2) is 38.9 Å². The fraction of sp³-hybridized carbons (Fsp3) is 0.400. The molecule has 2 aliphatic rings. The number of carbonyl (C=O) groups is 1. The highest BCUT2D eigenvalue weighted by atomic mass is 79.9. The van der Waals surface area contributed by atoms with Crippen molar-refractivity contribution in [1.82, 2.24) is 9.97 Å². The normalized spacial score (nSPS) is 15.8. The second-order valence-corrected chi connectivity index (χ2v) is 8.27. The lowest BCUT2D eigenvalue weighted by Gasteiger charge is -2.07. The Hall–Kier alpha value is -2.01. The van der Waals surface area contributed by atoms with Gasteiger partial charge in [-0.25, -0.2) is 9.97 Å². The Morgan fingerprint density at radius 1 is 1.13 bits per heavy atom. The van der Waals surface area contributed by atoms with Crippen molar-refractivity contribution in [3.8, 4) is 5.75 Å². The van der Waals surface area contributed by atoms with Gasteiger partial charge in [0, 0.05) is 5.56 Å². The van der Waals surface area contributed by atoms with E-state index in [1.807, 2.05) is 0 Å². The predicted molar refractivity (Wildman–Crippen MR) is 118 cm³/mol. The first-order valence-electron chi connectivity index (χ1n) is 9.67. The summed E-state index contributed by atoms with van der Waals surface area (Å²) in [7, 11) is 0.